The first kappa shape index (κ1) is 12.7. The topological polar surface area (TPSA) is 65.8 Å². The number of ketones is 1. The Morgan fingerprint density at radius 1 is 1.20 bits per heavy atom. The molecule has 0 N–H and O–H groups in total. The van der Waals surface area contributed by atoms with Crippen molar-refractivity contribution < 1.29 is 4.79 Å². The van der Waals surface area contributed by atoms with Crippen molar-refractivity contribution in [2.24, 2.45) is 5.11 Å². The van der Waals surface area contributed by atoms with Gasteiger partial charge in [-0.1, -0.05) is 47.6 Å². The van der Waals surface area contributed by atoms with Gasteiger partial charge in [0.05, 0.1) is 5.41 Å². The average molecular weight is 265 g/mol. The Kier molecular flexibility index (Phi) is 3.17. The molecule has 0 spiro atoms. The minimum atomic E-state index is -0.632. The molecule has 0 bridgehead atoms. The Hall–Kier alpha value is -2.32. The molecule has 1 saturated carbocycles. The van der Waals surface area contributed by atoms with Crippen molar-refractivity contribution in [1.29, 1.82) is 0 Å². The first-order valence-electron chi connectivity index (χ1n) is 6.80. The molecule has 1 aliphatic carbocycles. The highest BCUT2D eigenvalue weighted by Crippen LogP contribution is 2.41. The third-order valence-corrected chi connectivity index (χ3v) is 4.25. The van der Waals surface area contributed by atoms with Gasteiger partial charge in [0.1, 0.15) is 5.78 Å². The molecule has 1 unspecified atom stereocenters. The van der Waals surface area contributed by atoms with E-state index < -0.39 is 5.41 Å². The van der Waals surface area contributed by atoms with Crippen LogP contribution in [-0.2, 0) is 10.2 Å². The number of Topliss-reactive ketones (excluding diaryl/α,β-unsaturated/α-hetero) is 1. The van der Waals surface area contributed by atoms with Crippen molar-refractivity contribution in [3.8, 4) is 0 Å². The van der Waals surface area contributed by atoms with E-state index in [9.17, 15) is 4.79 Å². The highest BCUT2D eigenvalue weighted by atomic mass is 16.1. The number of hydrogen-bond donors (Lipinski definition) is 0. The summed E-state index contributed by atoms with van der Waals surface area (Å²) in [5.74, 6) is 0.196. The Morgan fingerprint density at radius 3 is 2.75 bits per heavy atom. The van der Waals surface area contributed by atoms with Crippen LogP contribution in [0.15, 0.2) is 47.6 Å². The quantitative estimate of drug-likeness (QED) is 0.467. The van der Waals surface area contributed by atoms with E-state index in [1.165, 1.54) is 0 Å². The molecule has 0 aliphatic heterocycles. The molecule has 20 heavy (non-hydrogen) atoms. The molecule has 0 aromatic heterocycles. The molecule has 100 valence electrons. The van der Waals surface area contributed by atoms with Gasteiger partial charge < -0.3 is 0 Å². The highest BCUT2D eigenvalue weighted by molar-refractivity contribution is 5.98. The van der Waals surface area contributed by atoms with Gasteiger partial charge in [0.25, 0.3) is 0 Å². The van der Waals surface area contributed by atoms with E-state index in [2.05, 4.69) is 10.0 Å². The summed E-state index contributed by atoms with van der Waals surface area (Å²) in [5.41, 5.74) is 9.01. The molecular weight excluding hydrogens is 250 g/mol. The minimum Gasteiger partial charge on any atom is -0.299 e. The molecular formula is C16H15N3O. The molecule has 1 aliphatic rings. The predicted octanol–water partition coefficient (Wildman–Crippen LogP) is 4.14. The van der Waals surface area contributed by atoms with E-state index in [0.717, 1.165) is 29.2 Å². The summed E-state index contributed by atoms with van der Waals surface area (Å²) >= 11 is 0. The van der Waals surface area contributed by atoms with Gasteiger partial charge in [0.15, 0.2) is 0 Å². The molecule has 2 aromatic rings. The third-order valence-electron chi connectivity index (χ3n) is 4.25. The van der Waals surface area contributed by atoms with E-state index in [1.54, 1.807) is 0 Å². The van der Waals surface area contributed by atoms with Crippen molar-refractivity contribution in [3.05, 3.63) is 58.5 Å². The lowest BCUT2D eigenvalue weighted by atomic mass is 9.76. The van der Waals surface area contributed by atoms with E-state index in [4.69, 9.17) is 5.53 Å². The molecule has 0 radical (unpaired) electrons. The molecule has 1 fully saturated rings. The van der Waals surface area contributed by atoms with Crippen molar-refractivity contribution in [2.45, 2.75) is 24.7 Å². The van der Waals surface area contributed by atoms with E-state index in [1.807, 2.05) is 42.5 Å². The van der Waals surface area contributed by atoms with Gasteiger partial charge in [0.2, 0.25) is 0 Å². The molecule has 0 saturated heterocycles. The average Bonchev–Trinajstić information content (AvgIpc) is 2.86. The Morgan fingerprint density at radius 2 is 2.00 bits per heavy atom. The number of hydrogen-bond acceptors (Lipinski definition) is 2. The fraction of sp³-hybridized carbons (Fsp3) is 0.312. The third kappa shape index (κ3) is 1.86. The van der Waals surface area contributed by atoms with Gasteiger partial charge in [-0.2, -0.15) is 0 Å². The molecule has 2 aromatic carbocycles. The number of fused-ring (bicyclic) bond motifs is 1. The number of rotatable bonds is 3. The normalized spacial score (nSPS) is 21.9. The summed E-state index contributed by atoms with van der Waals surface area (Å²) < 4.78 is 0. The second-order valence-electron chi connectivity index (χ2n) is 5.27. The van der Waals surface area contributed by atoms with Crippen LogP contribution < -0.4 is 0 Å². The van der Waals surface area contributed by atoms with Crippen molar-refractivity contribution in [3.63, 3.8) is 0 Å². The van der Waals surface area contributed by atoms with Crippen LogP contribution >= 0.6 is 0 Å². The Bertz CT molecular complexity index is 713. The first-order valence-corrected chi connectivity index (χ1v) is 6.80. The fourth-order valence-corrected chi connectivity index (χ4v) is 3.26. The zero-order valence-electron chi connectivity index (χ0n) is 11.1. The number of nitrogens with zero attached hydrogens (tertiary/aromatic N) is 3. The van der Waals surface area contributed by atoms with Gasteiger partial charge in [-0.25, -0.2) is 0 Å². The largest absolute Gasteiger partial charge is 0.299 e. The smallest absolute Gasteiger partial charge is 0.143 e. The van der Waals surface area contributed by atoms with Crippen LogP contribution in [0.4, 0.5) is 0 Å². The number of carbonyl (C=O) groups excluding carboxylic acids is 1. The van der Waals surface area contributed by atoms with Crippen molar-refractivity contribution in [1.82, 2.24) is 0 Å². The van der Waals surface area contributed by atoms with E-state index >= 15 is 0 Å². The zero-order valence-corrected chi connectivity index (χ0v) is 11.1. The summed E-state index contributed by atoms with van der Waals surface area (Å²) in [5, 5.41) is 5.92. The van der Waals surface area contributed by atoms with Crippen LogP contribution in [0.1, 0.15) is 24.8 Å². The fourth-order valence-electron chi connectivity index (χ4n) is 3.26. The van der Waals surface area contributed by atoms with Crippen LogP contribution in [0.25, 0.3) is 21.2 Å². The summed E-state index contributed by atoms with van der Waals surface area (Å²) in [7, 11) is 0. The predicted molar refractivity (Wildman–Crippen MR) is 78.5 cm³/mol. The van der Waals surface area contributed by atoms with Crippen LogP contribution in [0, 0.1) is 0 Å². The molecule has 4 heteroatoms. The zero-order chi connectivity index (χ0) is 14.0. The van der Waals surface area contributed by atoms with Gasteiger partial charge in [0, 0.05) is 17.9 Å². The molecule has 0 heterocycles. The number of benzene rings is 2. The standard InChI is InChI=1S/C16H15N3O/c17-19-18-11-16(10-4-9-15(16)20)14-8-3-6-12-5-1-2-7-13(12)14/h1-3,5-8H,4,9-11H2. The van der Waals surface area contributed by atoms with Gasteiger partial charge in [-0.05, 0) is 34.7 Å². The van der Waals surface area contributed by atoms with Crippen LogP contribution in [0.2, 0.25) is 0 Å². The number of azide groups is 1. The monoisotopic (exact) mass is 265 g/mol. The van der Waals surface area contributed by atoms with Gasteiger partial charge in [-0.15, -0.1) is 0 Å². The summed E-state index contributed by atoms with van der Waals surface area (Å²) in [6.45, 7) is 0.219. The summed E-state index contributed by atoms with van der Waals surface area (Å²) in [6.07, 6.45) is 2.20. The summed E-state index contributed by atoms with van der Waals surface area (Å²) in [6, 6.07) is 14.1. The maximum absolute atomic E-state index is 12.5. The molecule has 1 atom stereocenters. The van der Waals surface area contributed by atoms with Crippen LogP contribution in [-0.4, -0.2) is 12.3 Å². The van der Waals surface area contributed by atoms with Gasteiger partial charge >= 0.3 is 0 Å². The molecule has 4 nitrogen and oxygen atoms in total. The minimum absolute atomic E-state index is 0.196. The lowest BCUT2D eigenvalue weighted by Gasteiger charge is -2.27. The highest BCUT2D eigenvalue weighted by Gasteiger charge is 2.43. The van der Waals surface area contributed by atoms with Crippen LogP contribution in [0.5, 0.6) is 0 Å². The second kappa shape index (κ2) is 4.99. The Labute approximate surface area is 117 Å². The second-order valence-corrected chi connectivity index (χ2v) is 5.27. The lowest BCUT2D eigenvalue weighted by Crippen LogP contribution is -2.34. The maximum Gasteiger partial charge on any atom is 0.143 e. The molecule has 3 rings (SSSR count). The molecule has 0 amide bonds. The maximum atomic E-state index is 12.5. The van der Waals surface area contributed by atoms with Crippen molar-refractivity contribution in [2.75, 3.05) is 6.54 Å². The summed E-state index contributed by atoms with van der Waals surface area (Å²) in [4.78, 5) is 15.3. The SMILES string of the molecule is [N-]=[N+]=NCC1(c2cccc3ccccc23)CCCC1=O. The van der Waals surface area contributed by atoms with E-state index in [0.29, 0.717) is 6.42 Å². The lowest BCUT2D eigenvalue weighted by molar-refractivity contribution is -0.121. The van der Waals surface area contributed by atoms with Crippen molar-refractivity contribution >= 4 is 16.6 Å². The van der Waals surface area contributed by atoms with Crippen LogP contribution in [0.3, 0.4) is 0 Å². The van der Waals surface area contributed by atoms with Gasteiger partial charge in [-0.3, -0.25) is 4.79 Å². The van der Waals surface area contributed by atoms with E-state index in [-0.39, 0.29) is 12.3 Å². The Balaban J connectivity index is 2.24. The number of carbonyl (C=O) groups is 1. The first-order chi connectivity index (χ1) is 9.78.